The first-order chi connectivity index (χ1) is 15.5. The topological polar surface area (TPSA) is 31.4 Å². The van der Waals surface area contributed by atoms with Crippen molar-refractivity contribution in [2.45, 2.75) is 31.8 Å². The molecule has 1 aromatic carbocycles. The second-order valence-electron chi connectivity index (χ2n) is 8.44. The molecule has 0 saturated carbocycles. The molecule has 5 rings (SSSR count). The Bertz CT molecular complexity index is 1110. The van der Waals surface area contributed by atoms with E-state index in [9.17, 15) is 0 Å². The lowest BCUT2D eigenvalue weighted by Gasteiger charge is -2.33. The van der Waals surface area contributed by atoms with Gasteiger partial charge in [0.15, 0.2) is 5.11 Å². The Labute approximate surface area is 211 Å². The highest BCUT2D eigenvalue weighted by molar-refractivity contribution is 9.11. The van der Waals surface area contributed by atoms with Crippen molar-refractivity contribution in [2.24, 2.45) is 5.92 Å². The Morgan fingerprint density at radius 2 is 1.97 bits per heavy atom. The Kier molecular flexibility index (Phi) is 6.43. The minimum Gasteiger partial charge on any atom is -0.370 e. The quantitative estimate of drug-likeness (QED) is 0.356. The molecular weight excluding hydrogens is 524 g/mol. The van der Waals surface area contributed by atoms with Crippen LogP contribution in [-0.4, -0.2) is 23.2 Å². The minimum absolute atomic E-state index is 0.00791. The first kappa shape index (κ1) is 22.1. The van der Waals surface area contributed by atoms with Gasteiger partial charge in [0.1, 0.15) is 0 Å². The van der Waals surface area contributed by atoms with Crippen LogP contribution in [0.4, 0.5) is 11.4 Å². The summed E-state index contributed by atoms with van der Waals surface area (Å²) in [5.74, 6) is 0.784. The maximum Gasteiger partial charge on any atom is 0.174 e. The Morgan fingerprint density at radius 1 is 1.16 bits per heavy atom. The van der Waals surface area contributed by atoms with Gasteiger partial charge in [-0.25, -0.2) is 0 Å². The van der Waals surface area contributed by atoms with Gasteiger partial charge in [0.2, 0.25) is 0 Å². The molecule has 32 heavy (non-hydrogen) atoms. The molecule has 0 amide bonds. The maximum atomic E-state index is 6.83. The largest absolute Gasteiger partial charge is 0.370 e. The molecule has 0 unspecified atom stereocenters. The van der Waals surface area contributed by atoms with Gasteiger partial charge in [-0.15, -0.1) is 11.3 Å². The van der Waals surface area contributed by atoms with E-state index in [1.54, 1.807) is 11.3 Å². The summed E-state index contributed by atoms with van der Waals surface area (Å²) in [5, 5.41) is 4.97. The van der Waals surface area contributed by atoms with Crippen molar-refractivity contribution in [3.63, 3.8) is 0 Å². The van der Waals surface area contributed by atoms with Gasteiger partial charge < -0.3 is 15.1 Å². The summed E-state index contributed by atoms with van der Waals surface area (Å²) in [6.07, 6.45) is 4.24. The van der Waals surface area contributed by atoms with Gasteiger partial charge in [-0.1, -0.05) is 24.6 Å². The summed E-state index contributed by atoms with van der Waals surface area (Å²) in [6.45, 7) is 4.43. The molecular formula is C24H24BrClN4S2. The molecule has 4 nitrogen and oxygen atoms in total. The zero-order chi connectivity index (χ0) is 22.2. The van der Waals surface area contributed by atoms with E-state index in [1.807, 2.05) is 24.4 Å². The Hall–Kier alpha value is -1.67. The highest BCUT2D eigenvalue weighted by Crippen LogP contribution is 2.45. The van der Waals surface area contributed by atoms with Crippen LogP contribution in [0.2, 0.25) is 5.02 Å². The number of hydrogen-bond donors (Lipinski definition) is 1. The predicted molar refractivity (Wildman–Crippen MR) is 142 cm³/mol. The molecule has 0 aliphatic carbocycles. The second kappa shape index (κ2) is 9.29. The van der Waals surface area contributed by atoms with Crippen molar-refractivity contribution in [3.8, 4) is 0 Å². The number of thiophene rings is 1. The van der Waals surface area contributed by atoms with E-state index in [-0.39, 0.29) is 12.1 Å². The fraction of sp³-hybridized carbons (Fsp3) is 0.333. The van der Waals surface area contributed by atoms with Crippen molar-refractivity contribution in [1.82, 2.24) is 10.3 Å². The van der Waals surface area contributed by atoms with Crippen LogP contribution in [0.5, 0.6) is 0 Å². The molecule has 2 atom stereocenters. The summed E-state index contributed by atoms with van der Waals surface area (Å²) in [6, 6.07) is 16.5. The van der Waals surface area contributed by atoms with E-state index in [0.29, 0.717) is 5.11 Å². The van der Waals surface area contributed by atoms with Crippen LogP contribution in [0.1, 0.15) is 42.4 Å². The lowest BCUT2D eigenvalue weighted by Crippen LogP contribution is -2.33. The molecule has 2 aromatic heterocycles. The van der Waals surface area contributed by atoms with Gasteiger partial charge in [-0.2, -0.15) is 0 Å². The van der Waals surface area contributed by atoms with Crippen LogP contribution in [-0.2, 0) is 0 Å². The number of hydrogen-bond acceptors (Lipinski definition) is 4. The number of aromatic nitrogens is 1. The molecule has 0 spiro atoms. The number of benzene rings is 1. The summed E-state index contributed by atoms with van der Waals surface area (Å²) < 4.78 is 1.10. The SMILES string of the molecule is CC1CCN(c2ccc(N3C(=S)N[C@@H](c4ccccn4)[C@H]3c3ccc(Br)s3)cc2Cl)CC1. The fourth-order valence-corrected chi connectivity index (χ4v) is 6.75. The highest BCUT2D eigenvalue weighted by atomic mass is 79.9. The average Bonchev–Trinajstić information content (AvgIpc) is 3.38. The number of nitrogens with one attached hydrogen (secondary N) is 1. The number of piperidine rings is 1. The zero-order valence-electron chi connectivity index (χ0n) is 17.7. The molecule has 2 aliphatic rings. The van der Waals surface area contributed by atoms with Crippen molar-refractivity contribution in [3.05, 3.63) is 74.1 Å². The van der Waals surface area contributed by atoms with E-state index in [4.69, 9.17) is 23.8 Å². The van der Waals surface area contributed by atoms with Crippen molar-refractivity contribution in [2.75, 3.05) is 22.9 Å². The van der Waals surface area contributed by atoms with E-state index in [1.165, 1.54) is 17.7 Å². The first-order valence-corrected chi connectivity index (χ1v) is 13.2. The number of thiocarbonyl (C=S) groups is 1. The first-order valence-electron chi connectivity index (χ1n) is 10.8. The van der Waals surface area contributed by atoms with E-state index >= 15 is 0 Å². The molecule has 1 N–H and O–H groups in total. The van der Waals surface area contributed by atoms with E-state index < -0.39 is 0 Å². The normalized spacial score (nSPS) is 21.8. The van der Waals surface area contributed by atoms with Gasteiger partial charge in [-0.3, -0.25) is 4.98 Å². The molecule has 2 fully saturated rings. The molecule has 0 bridgehead atoms. The molecule has 4 heterocycles. The summed E-state index contributed by atoms with van der Waals surface area (Å²) >= 11 is 18.0. The number of anilines is 2. The molecule has 3 aromatic rings. The molecule has 2 saturated heterocycles. The van der Waals surface area contributed by atoms with Crippen molar-refractivity contribution >= 4 is 67.6 Å². The Morgan fingerprint density at radius 3 is 2.62 bits per heavy atom. The van der Waals surface area contributed by atoms with Gasteiger partial charge in [-0.05, 0) is 89.4 Å². The third-order valence-electron chi connectivity index (χ3n) is 6.32. The van der Waals surface area contributed by atoms with E-state index in [2.05, 4.69) is 73.3 Å². The number of nitrogens with zero attached hydrogens (tertiary/aromatic N) is 3. The maximum absolute atomic E-state index is 6.83. The predicted octanol–water partition coefficient (Wildman–Crippen LogP) is 6.97. The second-order valence-corrected chi connectivity index (χ2v) is 11.7. The minimum atomic E-state index is -0.0451. The number of rotatable bonds is 4. The summed E-state index contributed by atoms with van der Waals surface area (Å²) in [4.78, 5) is 10.4. The number of pyridine rings is 1. The Balaban J connectivity index is 1.51. The van der Waals surface area contributed by atoms with Gasteiger partial charge in [0.25, 0.3) is 0 Å². The number of halogens is 2. The van der Waals surface area contributed by atoms with Gasteiger partial charge in [0.05, 0.1) is 32.3 Å². The molecule has 2 aliphatic heterocycles. The third-order valence-corrected chi connectivity index (χ3v) is 8.63. The third kappa shape index (κ3) is 4.28. The summed E-state index contributed by atoms with van der Waals surface area (Å²) in [5.41, 5.74) is 3.07. The van der Waals surface area contributed by atoms with Crippen LogP contribution >= 0.6 is 51.1 Å². The van der Waals surface area contributed by atoms with Gasteiger partial charge in [0, 0.05) is 29.9 Å². The summed E-state index contributed by atoms with van der Waals surface area (Å²) in [7, 11) is 0. The average molecular weight is 548 g/mol. The van der Waals surface area contributed by atoms with Crippen molar-refractivity contribution < 1.29 is 0 Å². The lowest BCUT2D eigenvalue weighted by molar-refractivity contribution is 0.438. The molecule has 8 heteroatoms. The molecule has 0 radical (unpaired) electrons. The van der Waals surface area contributed by atoms with Crippen LogP contribution in [0.25, 0.3) is 0 Å². The van der Waals surface area contributed by atoms with Crippen LogP contribution in [0, 0.1) is 5.92 Å². The smallest absolute Gasteiger partial charge is 0.174 e. The highest BCUT2D eigenvalue weighted by Gasteiger charge is 2.41. The van der Waals surface area contributed by atoms with Crippen LogP contribution in [0.3, 0.4) is 0 Å². The fourth-order valence-electron chi connectivity index (χ4n) is 4.56. The monoisotopic (exact) mass is 546 g/mol. The molecule has 166 valence electrons. The van der Waals surface area contributed by atoms with Gasteiger partial charge >= 0.3 is 0 Å². The van der Waals surface area contributed by atoms with E-state index in [0.717, 1.165) is 44.9 Å². The zero-order valence-corrected chi connectivity index (χ0v) is 21.6. The van der Waals surface area contributed by atoms with Crippen LogP contribution in [0.15, 0.2) is 58.5 Å². The lowest BCUT2D eigenvalue weighted by atomic mass is 9.98. The van der Waals surface area contributed by atoms with Crippen LogP contribution < -0.4 is 15.1 Å². The van der Waals surface area contributed by atoms with Crippen molar-refractivity contribution in [1.29, 1.82) is 0 Å². The standard InChI is InChI=1S/C24H24BrClN4S2/c1-15-9-12-29(13-10-15)19-6-5-16(14-17(19)26)30-23(20-7-8-21(25)32-20)22(28-24(30)31)18-4-2-3-11-27-18/h2-8,11,14-15,22-23H,9-10,12-13H2,1H3,(H,28,31)/t22-,23+/m0/s1.